The number of hydrogen-bond acceptors (Lipinski definition) is 5. The van der Waals surface area contributed by atoms with Gasteiger partial charge in [-0.05, 0) is 6.92 Å². The Bertz CT molecular complexity index is 441. The predicted molar refractivity (Wildman–Crippen MR) is 49.3 cm³/mol. The van der Waals surface area contributed by atoms with Crippen LogP contribution in [0.15, 0.2) is 6.20 Å². The molecule has 0 aliphatic carbocycles. The van der Waals surface area contributed by atoms with Gasteiger partial charge in [0, 0.05) is 7.05 Å². The van der Waals surface area contributed by atoms with E-state index >= 15 is 0 Å². The third-order valence-electron chi connectivity index (χ3n) is 1.82. The number of nitrogens with zero attached hydrogens (tertiary/aromatic N) is 6. The second-order valence-corrected chi connectivity index (χ2v) is 3.04. The van der Waals surface area contributed by atoms with Crippen LogP contribution in [0.1, 0.15) is 11.6 Å². The first-order valence-corrected chi connectivity index (χ1v) is 4.17. The average molecular weight is 193 g/mol. The summed E-state index contributed by atoms with van der Waals surface area (Å²) < 4.78 is 3.34. The second kappa shape index (κ2) is 3.09. The van der Waals surface area contributed by atoms with Crippen LogP contribution in [0.4, 0.5) is 5.82 Å². The van der Waals surface area contributed by atoms with Gasteiger partial charge in [-0.3, -0.25) is 4.68 Å². The van der Waals surface area contributed by atoms with E-state index in [2.05, 4.69) is 20.4 Å². The lowest BCUT2D eigenvalue weighted by Gasteiger charge is -1.98. The number of hydrogen-bond donors (Lipinski definition) is 1. The lowest BCUT2D eigenvalue weighted by molar-refractivity contribution is 0.589. The number of nitrogens with two attached hydrogens (primary N) is 1. The molecule has 2 rings (SSSR count). The summed E-state index contributed by atoms with van der Waals surface area (Å²) in [4.78, 5) is 4.24. The maximum absolute atomic E-state index is 5.44. The molecule has 0 atom stereocenters. The third-order valence-corrected chi connectivity index (χ3v) is 1.82. The van der Waals surface area contributed by atoms with Crippen molar-refractivity contribution in [1.29, 1.82) is 0 Å². The van der Waals surface area contributed by atoms with E-state index in [1.165, 1.54) is 0 Å². The molecule has 0 saturated carbocycles. The summed E-state index contributed by atoms with van der Waals surface area (Å²) in [6.07, 6.45) is 1.66. The normalized spacial score (nSPS) is 10.7. The van der Waals surface area contributed by atoms with E-state index in [4.69, 9.17) is 5.73 Å². The molecule has 0 unspecified atom stereocenters. The van der Waals surface area contributed by atoms with E-state index in [0.29, 0.717) is 12.4 Å². The van der Waals surface area contributed by atoms with Crippen molar-refractivity contribution in [3.8, 4) is 0 Å². The van der Waals surface area contributed by atoms with E-state index in [-0.39, 0.29) is 0 Å². The highest BCUT2D eigenvalue weighted by atomic mass is 15.4. The van der Waals surface area contributed by atoms with Crippen molar-refractivity contribution in [3.63, 3.8) is 0 Å². The molecule has 0 saturated heterocycles. The van der Waals surface area contributed by atoms with Crippen molar-refractivity contribution in [3.05, 3.63) is 17.8 Å². The molecule has 2 heterocycles. The highest BCUT2D eigenvalue weighted by molar-refractivity contribution is 5.20. The molecule has 7 nitrogen and oxygen atoms in total. The van der Waals surface area contributed by atoms with E-state index < -0.39 is 0 Å². The monoisotopic (exact) mass is 193 g/mol. The van der Waals surface area contributed by atoms with Gasteiger partial charge in [0.05, 0.1) is 6.20 Å². The standard InChI is InChI=1S/C7H11N7/c1-5-9-7(13(2)11-5)4-14-3-6(8)10-12-14/h3H,4,8H2,1-2H3. The Labute approximate surface area is 80.5 Å². The first-order valence-electron chi connectivity index (χ1n) is 4.17. The summed E-state index contributed by atoms with van der Waals surface area (Å²) >= 11 is 0. The molecule has 2 aromatic heterocycles. The highest BCUT2D eigenvalue weighted by Crippen LogP contribution is 2.00. The van der Waals surface area contributed by atoms with Crippen molar-refractivity contribution >= 4 is 5.82 Å². The van der Waals surface area contributed by atoms with E-state index in [1.54, 1.807) is 15.6 Å². The smallest absolute Gasteiger partial charge is 0.165 e. The lowest BCUT2D eigenvalue weighted by Crippen LogP contribution is -2.07. The fourth-order valence-corrected chi connectivity index (χ4v) is 1.23. The van der Waals surface area contributed by atoms with E-state index in [1.807, 2.05) is 14.0 Å². The van der Waals surface area contributed by atoms with Crippen LogP contribution < -0.4 is 5.73 Å². The van der Waals surface area contributed by atoms with Crippen LogP contribution in [0.2, 0.25) is 0 Å². The van der Waals surface area contributed by atoms with Crippen LogP contribution >= 0.6 is 0 Å². The molecule has 0 bridgehead atoms. The van der Waals surface area contributed by atoms with Crippen LogP contribution in [-0.2, 0) is 13.6 Å². The Morgan fingerprint density at radius 1 is 1.50 bits per heavy atom. The number of anilines is 1. The van der Waals surface area contributed by atoms with Gasteiger partial charge >= 0.3 is 0 Å². The van der Waals surface area contributed by atoms with Gasteiger partial charge < -0.3 is 5.73 Å². The molecule has 0 fully saturated rings. The lowest BCUT2D eigenvalue weighted by atomic mass is 10.6. The molecule has 0 amide bonds. The topological polar surface area (TPSA) is 87.4 Å². The Morgan fingerprint density at radius 3 is 2.79 bits per heavy atom. The summed E-state index contributed by atoms with van der Waals surface area (Å²) in [5.74, 6) is 1.98. The minimum Gasteiger partial charge on any atom is -0.381 e. The number of nitrogen functional groups attached to an aromatic ring is 1. The van der Waals surface area contributed by atoms with Crippen LogP contribution in [0.5, 0.6) is 0 Å². The zero-order chi connectivity index (χ0) is 10.1. The molecule has 0 spiro atoms. The first kappa shape index (κ1) is 8.67. The number of aryl methyl sites for hydroxylation is 2. The Morgan fingerprint density at radius 2 is 2.29 bits per heavy atom. The highest BCUT2D eigenvalue weighted by Gasteiger charge is 2.05. The maximum Gasteiger partial charge on any atom is 0.165 e. The minimum atomic E-state index is 0.406. The molecular weight excluding hydrogens is 182 g/mol. The van der Waals surface area contributed by atoms with Crippen molar-refractivity contribution in [1.82, 2.24) is 29.8 Å². The van der Waals surface area contributed by atoms with Gasteiger partial charge in [-0.25, -0.2) is 9.67 Å². The van der Waals surface area contributed by atoms with E-state index in [9.17, 15) is 0 Å². The molecule has 14 heavy (non-hydrogen) atoms. The first-order chi connectivity index (χ1) is 6.65. The quantitative estimate of drug-likeness (QED) is 0.684. The molecule has 0 aliphatic rings. The Kier molecular flexibility index (Phi) is 1.91. The molecule has 2 aromatic rings. The molecule has 0 aliphatic heterocycles. The van der Waals surface area contributed by atoms with Gasteiger partial charge in [0.15, 0.2) is 5.82 Å². The Balaban J connectivity index is 2.22. The summed E-state index contributed by atoms with van der Waals surface area (Å²) in [6, 6.07) is 0. The van der Waals surface area contributed by atoms with Gasteiger partial charge in [0.25, 0.3) is 0 Å². The largest absolute Gasteiger partial charge is 0.381 e. The zero-order valence-corrected chi connectivity index (χ0v) is 8.05. The fraction of sp³-hybridized carbons (Fsp3) is 0.429. The molecule has 2 N–H and O–H groups in total. The van der Waals surface area contributed by atoms with Crippen molar-refractivity contribution in [2.24, 2.45) is 7.05 Å². The predicted octanol–water partition coefficient (Wildman–Crippen LogP) is -0.654. The SMILES string of the molecule is Cc1nc(Cn2cc(N)nn2)n(C)n1. The van der Waals surface area contributed by atoms with Gasteiger partial charge in [0.2, 0.25) is 0 Å². The summed E-state index contributed by atoms with van der Waals surface area (Å²) in [6.45, 7) is 2.38. The zero-order valence-electron chi connectivity index (χ0n) is 8.05. The third kappa shape index (κ3) is 1.56. The minimum absolute atomic E-state index is 0.406. The van der Waals surface area contributed by atoms with Crippen LogP contribution in [-0.4, -0.2) is 29.8 Å². The average Bonchev–Trinajstić information content (AvgIpc) is 2.61. The number of rotatable bonds is 2. The summed E-state index contributed by atoms with van der Waals surface area (Å²) in [5, 5.41) is 11.6. The number of aromatic nitrogens is 6. The molecule has 0 radical (unpaired) electrons. The van der Waals surface area contributed by atoms with Crippen LogP contribution in [0.25, 0.3) is 0 Å². The van der Waals surface area contributed by atoms with Crippen molar-refractivity contribution in [2.75, 3.05) is 5.73 Å². The van der Waals surface area contributed by atoms with Crippen molar-refractivity contribution < 1.29 is 0 Å². The van der Waals surface area contributed by atoms with Gasteiger partial charge in [-0.1, -0.05) is 5.21 Å². The van der Waals surface area contributed by atoms with Gasteiger partial charge in [-0.15, -0.1) is 5.10 Å². The summed E-state index contributed by atoms with van der Waals surface area (Å²) in [5.41, 5.74) is 5.44. The van der Waals surface area contributed by atoms with Crippen LogP contribution in [0.3, 0.4) is 0 Å². The molecule has 0 aromatic carbocycles. The molecule has 7 heteroatoms. The Hall–Kier alpha value is -1.92. The molecule has 74 valence electrons. The van der Waals surface area contributed by atoms with Gasteiger partial charge in [0.1, 0.15) is 18.2 Å². The van der Waals surface area contributed by atoms with E-state index in [0.717, 1.165) is 11.6 Å². The second-order valence-electron chi connectivity index (χ2n) is 3.04. The molecular formula is C7H11N7. The van der Waals surface area contributed by atoms with Gasteiger partial charge in [-0.2, -0.15) is 5.10 Å². The fourth-order valence-electron chi connectivity index (χ4n) is 1.23. The summed E-state index contributed by atoms with van der Waals surface area (Å²) in [7, 11) is 1.84. The maximum atomic E-state index is 5.44. The van der Waals surface area contributed by atoms with Crippen LogP contribution in [0, 0.1) is 6.92 Å². The van der Waals surface area contributed by atoms with Crippen molar-refractivity contribution in [2.45, 2.75) is 13.5 Å².